The lowest BCUT2D eigenvalue weighted by Gasteiger charge is -2.07. The van der Waals surface area contributed by atoms with E-state index in [0.717, 1.165) is 23.8 Å². The number of carboxylic acid groups (broad SMARTS) is 1. The van der Waals surface area contributed by atoms with Crippen LogP contribution in [0.15, 0.2) is 15.7 Å². The van der Waals surface area contributed by atoms with E-state index in [1.807, 2.05) is 13.8 Å². The highest BCUT2D eigenvalue weighted by Crippen LogP contribution is 2.19. The fourth-order valence-corrected chi connectivity index (χ4v) is 3.67. The van der Waals surface area contributed by atoms with Gasteiger partial charge in [0.25, 0.3) is 0 Å². The highest BCUT2D eigenvalue weighted by Gasteiger charge is 2.18. The Morgan fingerprint density at radius 1 is 1.45 bits per heavy atom. The summed E-state index contributed by atoms with van der Waals surface area (Å²) in [4.78, 5) is 10.7. The summed E-state index contributed by atoms with van der Waals surface area (Å²) in [6.45, 7) is 4.80. The van der Waals surface area contributed by atoms with Crippen molar-refractivity contribution in [3.63, 3.8) is 0 Å². The van der Waals surface area contributed by atoms with Crippen LogP contribution in [0.4, 0.5) is 0 Å². The molecule has 2 N–H and O–H groups in total. The fourth-order valence-electron chi connectivity index (χ4n) is 1.39. The first kappa shape index (κ1) is 17.1. The SMILES string of the molecule is CC(C)OCCCCNS(=O)(=O)c1cc(C(=O)O)cs1. The zero-order valence-corrected chi connectivity index (χ0v) is 13.1. The van der Waals surface area contributed by atoms with Gasteiger partial charge in [0, 0.05) is 18.5 Å². The Morgan fingerprint density at radius 2 is 2.15 bits per heavy atom. The number of thiophene rings is 1. The van der Waals surface area contributed by atoms with Gasteiger partial charge in [-0.25, -0.2) is 17.9 Å². The van der Waals surface area contributed by atoms with Gasteiger partial charge < -0.3 is 9.84 Å². The van der Waals surface area contributed by atoms with Crippen LogP contribution in [0, 0.1) is 0 Å². The molecule has 0 radical (unpaired) electrons. The number of hydrogen-bond acceptors (Lipinski definition) is 5. The van der Waals surface area contributed by atoms with Crippen LogP contribution in [0.25, 0.3) is 0 Å². The molecule has 0 unspecified atom stereocenters. The quantitative estimate of drug-likeness (QED) is 0.678. The Kier molecular flexibility index (Phi) is 6.60. The van der Waals surface area contributed by atoms with Gasteiger partial charge in [0.05, 0.1) is 11.7 Å². The summed E-state index contributed by atoms with van der Waals surface area (Å²) in [6.07, 6.45) is 1.61. The summed E-state index contributed by atoms with van der Waals surface area (Å²) in [7, 11) is -3.61. The number of ether oxygens (including phenoxy) is 1. The van der Waals surface area contributed by atoms with Gasteiger partial charge in [-0.1, -0.05) is 0 Å². The first-order valence-corrected chi connectivity index (χ1v) is 8.62. The van der Waals surface area contributed by atoms with Crippen LogP contribution in [-0.2, 0) is 14.8 Å². The number of carbonyl (C=O) groups is 1. The Hall–Kier alpha value is -0.960. The fraction of sp³-hybridized carbons (Fsp3) is 0.583. The van der Waals surface area contributed by atoms with Crippen LogP contribution in [0.1, 0.15) is 37.0 Å². The molecule has 0 atom stereocenters. The van der Waals surface area contributed by atoms with Crippen molar-refractivity contribution in [2.24, 2.45) is 0 Å². The van der Waals surface area contributed by atoms with E-state index in [0.29, 0.717) is 19.6 Å². The van der Waals surface area contributed by atoms with Gasteiger partial charge in [-0.3, -0.25) is 0 Å². The molecule has 1 aromatic heterocycles. The van der Waals surface area contributed by atoms with Gasteiger partial charge in [-0.05, 0) is 32.8 Å². The number of hydrogen-bond donors (Lipinski definition) is 2. The molecule has 0 bridgehead atoms. The van der Waals surface area contributed by atoms with E-state index in [1.54, 1.807) is 0 Å². The Balaban J connectivity index is 2.39. The third-order valence-corrected chi connectivity index (χ3v) is 5.30. The summed E-state index contributed by atoms with van der Waals surface area (Å²) in [5.74, 6) is -1.13. The van der Waals surface area contributed by atoms with Crippen molar-refractivity contribution in [2.45, 2.75) is 37.0 Å². The van der Waals surface area contributed by atoms with Crippen LogP contribution < -0.4 is 4.72 Å². The predicted octanol–water partition coefficient (Wildman–Crippen LogP) is 1.93. The molecule has 0 saturated heterocycles. The van der Waals surface area contributed by atoms with E-state index in [2.05, 4.69) is 4.72 Å². The largest absolute Gasteiger partial charge is 0.478 e. The van der Waals surface area contributed by atoms with Crippen molar-refractivity contribution in [3.05, 3.63) is 17.0 Å². The van der Waals surface area contributed by atoms with Crippen LogP contribution >= 0.6 is 11.3 Å². The van der Waals surface area contributed by atoms with Crippen LogP contribution in [0.3, 0.4) is 0 Å². The molecule has 1 heterocycles. The first-order valence-electron chi connectivity index (χ1n) is 6.26. The van der Waals surface area contributed by atoms with Gasteiger partial charge in [0.15, 0.2) is 0 Å². The standard InChI is InChI=1S/C12H19NO5S2/c1-9(2)18-6-4-3-5-13-20(16,17)11-7-10(8-19-11)12(14)15/h7-9,13H,3-6H2,1-2H3,(H,14,15). The van der Waals surface area contributed by atoms with Crippen molar-refractivity contribution in [3.8, 4) is 0 Å². The normalized spacial score (nSPS) is 11.9. The molecule has 0 aliphatic rings. The summed E-state index contributed by atoms with van der Waals surface area (Å²) >= 11 is 0.901. The molecular weight excluding hydrogens is 302 g/mol. The first-order chi connectivity index (χ1) is 9.33. The third kappa shape index (κ3) is 5.58. The van der Waals surface area contributed by atoms with Crippen LogP contribution in [0.5, 0.6) is 0 Å². The number of aromatic carboxylic acids is 1. The number of rotatable bonds is 9. The molecule has 8 heteroatoms. The number of carboxylic acids is 1. The smallest absolute Gasteiger partial charge is 0.336 e. The second-order valence-corrected chi connectivity index (χ2v) is 7.39. The minimum absolute atomic E-state index is 0.0132. The Labute approximate surface area is 122 Å². The average Bonchev–Trinajstić information content (AvgIpc) is 2.83. The lowest BCUT2D eigenvalue weighted by Crippen LogP contribution is -2.24. The maximum Gasteiger partial charge on any atom is 0.336 e. The minimum Gasteiger partial charge on any atom is -0.478 e. The molecule has 0 amide bonds. The predicted molar refractivity (Wildman–Crippen MR) is 76.8 cm³/mol. The molecule has 20 heavy (non-hydrogen) atoms. The van der Waals surface area contributed by atoms with Gasteiger partial charge in [-0.15, -0.1) is 11.3 Å². The molecule has 0 fully saturated rings. The van der Waals surface area contributed by atoms with E-state index in [1.165, 1.54) is 5.38 Å². The number of nitrogens with one attached hydrogen (secondary N) is 1. The average molecular weight is 321 g/mol. The third-order valence-electron chi connectivity index (χ3n) is 2.40. The molecule has 1 rings (SSSR count). The maximum atomic E-state index is 11.9. The highest BCUT2D eigenvalue weighted by atomic mass is 32.2. The van der Waals surface area contributed by atoms with Crippen LogP contribution in [0.2, 0.25) is 0 Å². The highest BCUT2D eigenvalue weighted by molar-refractivity contribution is 7.91. The monoisotopic (exact) mass is 321 g/mol. The molecular formula is C12H19NO5S2. The van der Waals surface area contributed by atoms with Crippen molar-refractivity contribution in [1.82, 2.24) is 4.72 Å². The topological polar surface area (TPSA) is 92.7 Å². The van der Waals surface area contributed by atoms with Gasteiger partial charge in [0.1, 0.15) is 4.21 Å². The molecule has 0 aliphatic carbocycles. The second-order valence-electron chi connectivity index (χ2n) is 4.48. The van der Waals surface area contributed by atoms with Crippen molar-refractivity contribution in [2.75, 3.05) is 13.2 Å². The Bertz CT molecular complexity index is 536. The molecule has 0 aliphatic heterocycles. The van der Waals surface area contributed by atoms with E-state index in [4.69, 9.17) is 9.84 Å². The lowest BCUT2D eigenvalue weighted by molar-refractivity contribution is 0.0697. The van der Waals surface area contributed by atoms with Gasteiger partial charge in [0.2, 0.25) is 10.0 Å². The minimum atomic E-state index is -3.61. The Morgan fingerprint density at radius 3 is 2.70 bits per heavy atom. The van der Waals surface area contributed by atoms with Crippen molar-refractivity contribution in [1.29, 1.82) is 0 Å². The van der Waals surface area contributed by atoms with E-state index < -0.39 is 16.0 Å². The summed E-state index contributed by atoms with van der Waals surface area (Å²) < 4.78 is 31.6. The van der Waals surface area contributed by atoms with Gasteiger partial charge in [-0.2, -0.15) is 0 Å². The zero-order chi connectivity index (χ0) is 15.2. The number of sulfonamides is 1. The van der Waals surface area contributed by atoms with Crippen molar-refractivity contribution >= 4 is 27.3 Å². The molecule has 0 spiro atoms. The molecule has 114 valence electrons. The molecule has 6 nitrogen and oxygen atoms in total. The molecule has 1 aromatic rings. The lowest BCUT2D eigenvalue weighted by atomic mass is 10.3. The number of unbranched alkanes of at least 4 members (excludes halogenated alkanes) is 1. The summed E-state index contributed by atoms with van der Waals surface area (Å²) in [5.41, 5.74) is -0.0132. The summed E-state index contributed by atoms with van der Waals surface area (Å²) in [5, 5.41) is 10.1. The van der Waals surface area contributed by atoms with Crippen molar-refractivity contribution < 1.29 is 23.1 Å². The molecule has 0 aromatic carbocycles. The van der Waals surface area contributed by atoms with Crippen LogP contribution in [-0.4, -0.2) is 38.7 Å². The molecule has 0 saturated carbocycles. The van der Waals surface area contributed by atoms with E-state index in [9.17, 15) is 13.2 Å². The zero-order valence-electron chi connectivity index (χ0n) is 11.5. The van der Waals surface area contributed by atoms with E-state index >= 15 is 0 Å². The maximum absolute atomic E-state index is 11.9. The summed E-state index contributed by atoms with van der Waals surface area (Å²) in [6, 6.07) is 1.16. The van der Waals surface area contributed by atoms with Gasteiger partial charge >= 0.3 is 5.97 Å². The van der Waals surface area contributed by atoms with E-state index in [-0.39, 0.29) is 15.9 Å². The second kappa shape index (κ2) is 7.72.